The Labute approximate surface area is 111 Å². The molecule has 2 fully saturated rings. The number of carbonyl (C=O) groups excluding carboxylic acids is 1. The minimum absolute atomic E-state index is 0. The summed E-state index contributed by atoms with van der Waals surface area (Å²) in [6.07, 6.45) is -0.399. The number of morpholine rings is 1. The third-order valence-electron chi connectivity index (χ3n) is 3.15. The third-order valence-corrected chi connectivity index (χ3v) is 3.15. The lowest BCUT2D eigenvalue weighted by Crippen LogP contribution is -2.54. The number of hydrogen-bond donors (Lipinski definition) is 1. The summed E-state index contributed by atoms with van der Waals surface area (Å²) >= 11 is 0. The molecule has 0 saturated carbocycles. The van der Waals surface area contributed by atoms with Crippen LogP contribution in [0.2, 0.25) is 0 Å². The van der Waals surface area contributed by atoms with E-state index < -0.39 is 30.5 Å². The normalized spacial score (nSPS) is 29.8. The molecule has 0 aliphatic carbocycles. The van der Waals surface area contributed by atoms with Gasteiger partial charge in [-0.15, -0.1) is 12.4 Å². The standard InChI is InChI=1S/C11H18F2N2O2.ClH/c1-10(2)7-15(3-4-17-10)9(16)8-5-11(12,13)6-14-8;/h8,14H,3-7H2,1-2H3;1H. The van der Waals surface area contributed by atoms with Gasteiger partial charge in [-0.25, -0.2) is 8.78 Å². The molecule has 4 nitrogen and oxygen atoms in total. The van der Waals surface area contributed by atoms with Crippen LogP contribution in [0.25, 0.3) is 0 Å². The fourth-order valence-electron chi connectivity index (χ4n) is 2.32. The highest BCUT2D eigenvalue weighted by Crippen LogP contribution is 2.27. The van der Waals surface area contributed by atoms with E-state index in [0.717, 1.165) is 0 Å². The lowest BCUT2D eigenvalue weighted by molar-refractivity contribution is -0.148. The van der Waals surface area contributed by atoms with Crippen molar-refractivity contribution in [3.63, 3.8) is 0 Å². The van der Waals surface area contributed by atoms with Crippen LogP contribution in [0.5, 0.6) is 0 Å². The molecular weight excluding hydrogens is 266 g/mol. The maximum Gasteiger partial charge on any atom is 0.262 e. The summed E-state index contributed by atoms with van der Waals surface area (Å²) in [6, 6.07) is -0.751. The van der Waals surface area contributed by atoms with Crippen LogP contribution in [0.15, 0.2) is 0 Å². The van der Waals surface area contributed by atoms with Crippen LogP contribution < -0.4 is 5.32 Å². The van der Waals surface area contributed by atoms with Gasteiger partial charge in [0.1, 0.15) is 0 Å². The second-order valence-electron chi connectivity index (χ2n) is 5.36. The van der Waals surface area contributed by atoms with Crippen molar-refractivity contribution in [1.29, 1.82) is 0 Å². The third kappa shape index (κ3) is 3.52. The average molecular weight is 285 g/mol. The van der Waals surface area contributed by atoms with Crippen LogP contribution in [0.1, 0.15) is 20.3 Å². The Hall–Kier alpha value is -0.460. The molecule has 2 heterocycles. The zero-order valence-corrected chi connectivity index (χ0v) is 11.4. The van der Waals surface area contributed by atoms with Crippen molar-refractivity contribution in [2.75, 3.05) is 26.2 Å². The van der Waals surface area contributed by atoms with E-state index in [0.29, 0.717) is 19.7 Å². The molecule has 1 N–H and O–H groups in total. The number of nitrogens with zero attached hydrogens (tertiary/aromatic N) is 1. The molecule has 2 aliphatic heterocycles. The molecule has 2 aliphatic rings. The molecule has 0 aromatic heterocycles. The summed E-state index contributed by atoms with van der Waals surface area (Å²) in [5.41, 5.74) is -0.394. The Morgan fingerprint density at radius 1 is 1.44 bits per heavy atom. The second kappa shape index (κ2) is 5.27. The first kappa shape index (κ1) is 15.6. The number of carbonyl (C=O) groups is 1. The monoisotopic (exact) mass is 284 g/mol. The largest absolute Gasteiger partial charge is 0.372 e. The average Bonchev–Trinajstić information content (AvgIpc) is 2.56. The predicted molar refractivity (Wildman–Crippen MR) is 65.2 cm³/mol. The molecule has 0 aromatic rings. The van der Waals surface area contributed by atoms with E-state index >= 15 is 0 Å². The predicted octanol–water partition coefficient (Wildman–Crippen LogP) is 1.04. The Kier molecular flexibility index (Phi) is 4.56. The molecule has 18 heavy (non-hydrogen) atoms. The molecule has 106 valence electrons. The fourth-order valence-corrected chi connectivity index (χ4v) is 2.32. The molecule has 1 unspecified atom stereocenters. The van der Waals surface area contributed by atoms with E-state index in [-0.39, 0.29) is 18.3 Å². The number of halogens is 3. The Balaban J connectivity index is 0.00000162. The van der Waals surface area contributed by atoms with E-state index in [1.54, 1.807) is 4.90 Å². The van der Waals surface area contributed by atoms with Gasteiger partial charge < -0.3 is 9.64 Å². The summed E-state index contributed by atoms with van der Waals surface area (Å²) in [5, 5.41) is 2.59. The van der Waals surface area contributed by atoms with Crippen molar-refractivity contribution >= 4 is 18.3 Å². The number of ether oxygens (including phenoxy) is 1. The highest BCUT2D eigenvalue weighted by Gasteiger charge is 2.44. The topological polar surface area (TPSA) is 41.6 Å². The van der Waals surface area contributed by atoms with E-state index in [9.17, 15) is 13.6 Å². The lowest BCUT2D eigenvalue weighted by Gasteiger charge is -2.39. The van der Waals surface area contributed by atoms with Crippen molar-refractivity contribution < 1.29 is 18.3 Å². The van der Waals surface area contributed by atoms with Gasteiger partial charge in [-0.3, -0.25) is 10.1 Å². The Morgan fingerprint density at radius 3 is 2.61 bits per heavy atom. The summed E-state index contributed by atoms with van der Waals surface area (Å²) in [5.74, 6) is -3.00. The van der Waals surface area contributed by atoms with Crippen LogP contribution in [0.3, 0.4) is 0 Å². The maximum atomic E-state index is 13.0. The Bertz CT molecular complexity index is 326. The van der Waals surface area contributed by atoms with Gasteiger partial charge in [0.25, 0.3) is 5.92 Å². The molecule has 0 bridgehead atoms. The molecule has 7 heteroatoms. The van der Waals surface area contributed by atoms with Crippen LogP contribution >= 0.6 is 12.4 Å². The van der Waals surface area contributed by atoms with Crippen LogP contribution in [0, 0.1) is 0 Å². The molecule has 2 saturated heterocycles. The van der Waals surface area contributed by atoms with Gasteiger partial charge in [-0.2, -0.15) is 0 Å². The quantitative estimate of drug-likeness (QED) is 0.782. The zero-order valence-electron chi connectivity index (χ0n) is 10.5. The minimum Gasteiger partial charge on any atom is -0.372 e. The van der Waals surface area contributed by atoms with Gasteiger partial charge in [0.2, 0.25) is 5.91 Å². The number of alkyl halides is 2. The number of hydrogen-bond acceptors (Lipinski definition) is 3. The van der Waals surface area contributed by atoms with Gasteiger partial charge in [0, 0.05) is 19.5 Å². The molecule has 0 spiro atoms. The van der Waals surface area contributed by atoms with E-state index in [1.165, 1.54) is 0 Å². The van der Waals surface area contributed by atoms with Gasteiger partial charge in [-0.1, -0.05) is 0 Å². The summed E-state index contributed by atoms with van der Waals surface area (Å²) in [4.78, 5) is 13.7. The van der Waals surface area contributed by atoms with Crippen molar-refractivity contribution in [3.05, 3.63) is 0 Å². The smallest absolute Gasteiger partial charge is 0.262 e. The van der Waals surface area contributed by atoms with Crippen molar-refractivity contribution in [2.45, 2.75) is 37.8 Å². The number of nitrogens with one attached hydrogen (secondary N) is 1. The first-order chi connectivity index (χ1) is 7.79. The van der Waals surface area contributed by atoms with E-state index in [4.69, 9.17) is 4.74 Å². The first-order valence-electron chi connectivity index (χ1n) is 5.83. The van der Waals surface area contributed by atoms with Crippen LogP contribution in [0.4, 0.5) is 8.78 Å². The minimum atomic E-state index is -2.76. The molecule has 0 aromatic carbocycles. The molecular formula is C11H19ClF2N2O2. The van der Waals surface area contributed by atoms with E-state index in [2.05, 4.69) is 5.32 Å². The maximum absolute atomic E-state index is 13.0. The molecule has 1 amide bonds. The van der Waals surface area contributed by atoms with Crippen LogP contribution in [-0.4, -0.2) is 54.6 Å². The lowest BCUT2D eigenvalue weighted by atomic mass is 10.1. The summed E-state index contributed by atoms with van der Waals surface area (Å²) in [7, 11) is 0. The molecule has 1 atom stereocenters. The number of rotatable bonds is 1. The molecule has 0 radical (unpaired) electrons. The fraction of sp³-hybridized carbons (Fsp3) is 0.909. The summed E-state index contributed by atoms with van der Waals surface area (Å²) < 4.78 is 31.5. The van der Waals surface area contributed by atoms with Crippen molar-refractivity contribution in [3.8, 4) is 0 Å². The van der Waals surface area contributed by atoms with Gasteiger partial charge in [-0.05, 0) is 13.8 Å². The Morgan fingerprint density at radius 2 is 2.11 bits per heavy atom. The van der Waals surface area contributed by atoms with Crippen molar-refractivity contribution in [1.82, 2.24) is 10.2 Å². The van der Waals surface area contributed by atoms with Crippen molar-refractivity contribution in [2.24, 2.45) is 0 Å². The zero-order chi connectivity index (χ0) is 12.7. The highest BCUT2D eigenvalue weighted by atomic mass is 35.5. The summed E-state index contributed by atoms with van der Waals surface area (Å²) in [6.45, 7) is 4.77. The van der Waals surface area contributed by atoms with Gasteiger partial charge >= 0.3 is 0 Å². The number of amides is 1. The van der Waals surface area contributed by atoms with Crippen LogP contribution in [-0.2, 0) is 9.53 Å². The van der Waals surface area contributed by atoms with Gasteiger partial charge in [0.15, 0.2) is 0 Å². The van der Waals surface area contributed by atoms with Gasteiger partial charge in [0.05, 0.1) is 24.8 Å². The first-order valence-corrected chi connectivity index (χ1v) is 5.83. The molecule has 2 rings (SSSR count). The highest BCUT2D eigenvalue weighted by molar-refractivity contribution is 5.85. The van der Waals surface area contributed by atoms with E-state index in [1.807, 2.05) is 13.8 Å². The second-order valence-corrected chi connectivity index (χ2v) is 5.36. The SMILES string of the molecule is CC1(C)CN(C(=O)C2CC(F)(F)CN2)CCO1.Cl.